The Morgan fingerprint density at radius 1 is 1.19 bits per heavy atom. The van der Waals surface area contributed by atoms with E-state index in [0.717, 1.165) is 37.0 Å². The number of hydrogen-bond donors (Lipinski definition) is 2. The summed E-state index contributed by atoms with van der Waals surface area (Å²) in [5.41, 5.74) is 4.67. The highest BCUT2D eigenvalue weighted by Crippen LogP contribution is 2.32. The number of aryl methyl sites for hydroxylation is 1. The summed E-state index contributed by atoms with van der Waals surface area (Å²) in [5.74, 6) is 2.76. The van der Waals surface area contributed by atoms with Gasteiger partial charge < -0.3 is 10.4 Å². The van der Waals surface area contributed by atoms with Gasteiger partial charge in [-0.05, 0) is 85.1 Å². The van der Waals surface area contributed by atoms with Gasteiger partial charge in [0.05, 0.1) is 0 Å². The second-order valence-electron chi connectivity index (χ2n) is 7.82. The molecule has 1 aliphatic rings. The predicted octanol–water partition coefficient (Wildman–Crippen LogP) is 5.82. The number of benzene rings is 1. The first-order valence-corrected chi connectivity index (χ1v) is 12.2. The van der Waals surface area contributed by atoms with Gasteiger partial charge in [0.1, 0.15) is 0 Å². The number of aliphatic hydroxyl groups excluding tert-OH is 1. The van der Waals surface area contributed by atoms with Crippen molar-refractivity contribution >= 4 is 11.8 Å². The van der Waals surface area contributed by atoms with E-state index in [0.29, 0.717) is 12.5 Å². The van der Waals surface area contributed by atoms with E-state index in [2.05, 4.69) is 49.1 Å². The van der Waals surface area contributed by atoms with Crippen molar-refractivity contribution in [2.45, 2.75) is 83.8 Å². The number of hydrogen-bond acceptors (Lipinski definition) is 3. The van der Waals surface area contributed by atoms with Gasteiger partial charge in [0.15, 0.2) is 0 Å². The van der Waals surface area contributed by atoms with Gasteiger partial charge in [0.25, 0.3) is 0 Å². The summed E-state index contributed by atoms with van der Waals surface area (Å²) in [7, 11) is 2.04. The SMILES string of the molecule is CC.CNC[C@H](CCCCO)c1ccc2c(c1)CC[C@@H](CCSC(C)C)C2. The standard InChI is InChI=1S/C22H37NOS.C2H6/c1-17(2)25-13-11-18-7-8-20-15-21(10-9-19(20)14-18)22(16-23-3)6-4-5-12-24;1-2/h9-10,15,17-18,22-24H,4-8,11-14,16H2,1-3H3;1-2H3/t18-,22-;/m0./s1. The molecule has 0 fully saturated rings. The molecule has 156 valence electrons. The topological polar surface area (TPSA) is 32.3 Å². The number of thioether (sulfide) groups is 1. The monoisotopic (exact) mass is 393 g/mol. The van der Waals surface area contributed by atoms with Crippen molar-refractivity contribution in [2.24, 2.45) is 5.92 Å². The van der Waals surface area contributed by atoms with Crippen molar-refractivity contribution in [1.82, 2.24) is 5.32 Å². The van der Waals surface area contributed by atoms with Crippen LogP contribution in [0.4, 0.5) is 0 Å². The Kier molecular flexibility index (Phi) is 13.2. The number of likely N-dealkylation sites (N-methyl/N-ethyl adjacent to an activating group) is 1. The normalized spacial score (nSPS) is 17.2. The zero-order chi connectivity index (χ0) is 20.1. The second-order valence-corrected chi connectivity index (χ2v) is 9.50. The summed E-state index contributed by atoms with van der Waals surface area (Å²) in [6.07, 6.45) is 8.44. The maximum atomic E-state index is 9.04. The van der Waals surface area contributed by atoms with E-state index in [1.165, 1.54) is 37.0 Å². The number of unbranched alkanes of at least 4 members (excludes halogenated alkanes) is 1. The van der Waals surface area contributed by atoms with E-state index < -0.39 is 0 Å². The summed E-state index contributed by atoms with van der Waals surface area (Å²) in [6.45, 7) is 9.93. The van der Waals surface area contributed by atoms with Gasteiger partial charge in [-0.1, -0.05) is 52.3 Å². The Hall–Kier alpha value is -0.510. The number of nitrogens with one attached hydrogen (secondary N) is 1. The molecular formula is C24H43NOS. The van der Waals surface area contributed by atoms with Crippen LogP contribution in [0.3, 0.4) is 0 Å². The lowest BCUT2D eigenvalue weighted by atomic mass is 9.80. The van der Waals surface area contributed by atoms with Crippen molar-refractivity contribution in [2.75, 3.05) is 26.0 Å². The lowest BCUT2D eigenvalue weighted by Crippen LogP contribution is -2.19. The third kappa shape index (κ3) is 9.02. The minimum absolute atomic E-state index is 0.312. The fraction of sp³-hybridized carbons (Fsp3) is 0.750. The molecule has 0 heterocycles. The lowest BCUT2D eigenvalue weighted by molar-refractivity contribution is 0.281. The van der Waals surface area contributed by atoms with E-state index in [1.807, 2.05) is 20.9 Å². The van der Waals surface area contributed by atoms with E-state index in [-0.39, 0.29) is 0 Å². The van der Waals surface area contributed by atoms with Crippen LogP contribution in [-0.2, 0) is 12.8 Å². The number of rotatable bonds is 11. The van der Waals surface area contributed by atoms with Crippen LogP contribution in [0.1, 0.15) is 82.4 Å². The number of fused-ring (bicyclic) bond motifs is 1. The van der Waals surface area contributed by atoms with Gasteiger partial charge in [-0.3, -0.25) is 0 Å². The molecule has 0 saturated carbocycles. The van der Waals surface area contributed by atoms with Crippen molar-refractivity contribution in [3.8, 4) is 0 Å². The quantitative estimate of drug-likeness (QED) is 0.465. The smallest absolute Gasteiger partial charge is 0.0431 e. The molecule has 0 aliphatic heterocycles. The summed E-state index contributed by atoms with van der Waals surface area (Å²) >= 11 is 2.10. The van der Waals surface area contributed by atoms with Crippen molar-refractivity contribution in [1.29, 1.82) is 0 Å². The molecule has 2 N–H and O–H groups in total. The van der Waals surface area contributed by atoms with Crippen LogP contribution < -0.4 is 5.32 Å². The van der Waals surface area contributed by atoms with Crippen LogP contribution in [-0.4, -0.2) is 36.3 Å². The first-order valence-electron chi connectivity index (χ1n) is 11.1. The molecule has 0 aromatic heterocycles. The Balaban J connectivity index is 0.00000176. The third-order valence-electron chi connectivity index (χ3n) is 5.42. The van der Waals surface area contributed by atoms with Crippen LogP contribution in [0.25, 0.3) is 0 Å². The Morgan fingerprint density at radius 3 is 2.63 bits per heavy atom. The number of aliphatic hydroxyl groups is 1. The highest BCUT2D eigenvalue weighted by atomic mass is 32.2. The van der Waals surface area contributed by atoms with Gasteiger partial charge in [0.2, 0.25) is 0 Å². The minimum atomic E-state index is 0.312. The summed E-state index contributed by atoms with van der Waals surface area (Å²) in [4.78, 5) is 0. The maximum Gasteiger partial charge on any atom is 0.0431 e. The fourth-order valence-corrected chi connectivity index (χ4v) is 4.90. The second kappa shape index (κ2) is 14.5. The summed E-state index contributed by atoms with van der Waals surface area (Å²) in [6, 6.07) is 7.25. The third-order valence-corrected chi connectivity index (χ3v) is 6.56. The van der Waals surface area contributed by atoms with E-state index in [1.54, 1.807) is 11.1 Å². The average molecular weight is 394 g/mol. The summed E-state index contributed by atoms with van der Waals surface area (Å²) in [5, 5.41) is 13.1. The molecule has 0 amide bonds. The van der Waals surface area contributed by atoms with Crippen LogP contribution in [0.5, 0.6) is 0 Å². The van der Waals surface area contributed by atoms with Crippen LogP contribution in [0.2, 0.25) is 0 Å². The molecule has 27 heavy (non-hydrogen) atoms. The predicted molar refractivity (Wildman–Crippen MR) is 123 cm³/mol. The Labute approximate surface area is 172 Å². The van der Waals surface area contributed by atoms with Gasteiger partial charge in [-0.15, -0.1) is 0 Å². The molecule has 0 unspecified atom stereocenters. The maximum absolute atomic E-state index is 9.04. The van der Waals surface area contributed by atoms with E-state index in [9.17, 15) is 0 Å². The lowest BCUT2D eigenvalue weighted by Gasteiger charge is -2.26. The first kappa shape index (κ1) is 24.5. The van der Waals surface area contributed by atoms with Crippen LogP contribution in [0.15, 0.2) is 18.2 Å². The summed E-state index contributed by atoms with van der Waals surface area (Å²) < 4.78 is 0. The minimum Gasteiger partial charge on any atom is -0.396 e. The molecule has 3 heteroatoms. The zero-order valence-electron chi connectivity index (χ0n) is 18.4. The van der Waals surface area contributed by atoms with Gasteiger partial charge in [-0.2, -0.15) is 11.8 Å². The van der Waals surface area contributed by atoms with E-state index >= 15 is 0 Å². The van der Waals surface area contributed by atoms with Crippen molar-refractivity contribution < 1.29 is 5.11 Å². The Bertz CT molecular complexity index is 503. The van der Waals surface area contributed by atoms with Crippen molar-refractivity contribution in [3.63, 3.8) is 0 Å². The highest BCUT2D eigenvalue weighted by molar-refractivity contribution is 7.99. The fourth-order valence-electron chi connectivity index (χ4n) is 3.96. The van der Waals surface area contributed by atoms with E-state index in [4.69, 9.17) is 5.11 Å². The molecule has 2 atom stereocenters. The average Bonchev–Trinajstić information content (AvgIpc) is 2.68. The highest BCUT2D eigenvalue weighted by Gasteiger charge is 2.20. The first-order chi connectivity index (χ1) is 13.1. The molecule has 0 bridgehead atoms. The van der Waals surface area contributed by atoms with Crippen LogP contribution >= 0.6 is 11.8 Å². The Morgan fingerprint density at radius 2 is 1.96 bits per heavy atom. The van der Waals surface area contributed by atoms with Crippen LogP contribution in [0, 0.1) is 5.92 Å². The largest absolute Gasteiger partial charge is 0.396 e. The molecular weight excluding hydrogens is 350 g/mol. The van der Waals surface area contributed by atoms with Gasteiger partial charge in [-0.25, -0.2) is 0 Å². The molecule has 0 spiro atoms. The molecule has 1 aromatic carbocycles. The van der Waals surface area contributed by atoms with Gasteiger partial charge >= 0.3 is 0 Å². The zero-order valence-corrected chi connectivity index (χ0v) is 19.2. The van der Waals surface area contributed by atoms with Gasteiger partial charge in [0, 0.05) is 13.2 Å². The molecule has 0 saturated heterocycles. The molecule has 2 rings (SSSR count). The molecule has 1 aromatic rings. The molecule has 2 nitrogen and oxygen atoms in total. The molecule has 0 radical (unpaired) electrons. The molecule has 1 aliphatic carbocycles. The van der Waals surface area contributed by atoms with Crippen molar-refractivity contribution in [3.05, 3.63) is 34.9 Å².